The SMILES string of the molecule is O=C(OC1CCC(c2ccc(Cl)cc2)CC1)C1=C(Cl)C(=O)c2ccccc2C1=O. The molecule has 0 radical (unpaired) electrons. The molecule has 0 heterocycles. The third-order valence-electron chi connectivity index (χ3n) is 5.56. The predicted molar refractivity (Wildman–Crippen MR) is 111 cm³/mol. The van der Waals surface area contributed by atoms with Crippen LogP contribution in [0.5, 0.6) is 0 Å². The summed E-state index contributed by atoms with van der Waals surface area (Å²) in [5, 5.41) is 0.336. The van der Waals surface area contributed by atoms with E-state index in [4.69, 9.17) is 27.9 Å². The van der Waals surface area contributed by atoms with Gasteiger partial charge in [-0.2, -0.15) is 0 Å². The first-order chi connectivity index (χ1) is 14.0. The summed E-state index contributed by atoms with van der Waals surface area (Å²) in [7, 11) is 0. The first-order valence-corrected chi connectivity index (χ1v) is 10.3. The number of Topliss-reactive ketones (excluding diaryl/α,β-unsaturated/α-hetero) is 2. The maximum atomic E-state index is 12.7. The molecule has 148 valence electrons. The topological polar surface area (TPSA) is 60.4 Å². The highest BCUT2D eigenvalue weighted by atomic mass is 35.5. The molecule has 6 heteroatoms. The van der Waals surface area contributed by atoms with Crippen molar-refractivity contribution in [2.75, 3.05) is 0 Å². The zero-order valence-electron chi connectivity index (χ0n) is 15.5. The van der Waals surface area contributed by atoms with Crippen LogP contribution in [-0.2, 0) is 9.53 Å². The molecule has 0 atom stereocenters. The molecule has 0 N–H and O–H groups in total. The Balaban J connectivity index is 1.44. The van der Waals surface area contributed by atoms with E-state index in [1.165, 1.54) is 17.7 Å². The predicted octanol–water partition coefficient (Wildman–Crippen LogP) is 5.48. The molecular formula is C23H18Cl2O4. The minimum Gasteiger partial charge on any atom is -0.459 e. The molecule has 0 bridgehead atoms. The molecule has 1 saturated carbocycles. The first kappa shape index (κ1) is 19.9. The molecule has 2 aliphatic carbocycles. The van der Waals surface area contributed by atoms with Gasteiger partial charge in [0.05, 0.1) is 0 Å². The standard InChI is InChI=1S/C23H18Cl2O4/c24-15-9-5-13(6-10-15)14-7-11-16(12-8-14)29-23(28)19-20(25)22(27)18-4-2-1-3-17(18)21(19)26/h1-6,9-10,14,16H,7-8,11-12H2. The van der Waals surface area contributed by atoms with E-state index >= 15 is 0 Å². The van der Waals surface area contributed by atoms with Crippen molar-refractivity contribution < 1.29 is 19.1 Å². The van der Waals surface area contributed by atoms with Gasteiger partial charge in [-0.1, -0.05) is 59.6 Å². The minimum absolute atomic E-state index is 0.181. The second-order valence-corrected chi connectivity index (χ2v) is 8.14. The van der Waals surface area contributed by atoms with Crippen LogP contribution in [0.2, 0.25) is 5.02 Å². The van der Waals surface area contributed by atoms with Crippen molar-refractivity contribution in [2.24, 2.45) is 0 Å². The van der Waals surface area contributed by atoms with Gasteiger partial charge in [-0.05, 0) is 49.3 Å². The van der Waals surface area contributed by atoms with E-state index in [2.05, 4.69) is 0 Å². The summed E-state index contributed by atoms with van der Waals surface area (Å²) in [4.78, 5) is 37.8. The van der Waals surface area contributed by atoms with E-state index in [9.17, 15) is 14.4 Å². The van der Waals surface area contributed by atoms with Crippen molar-refractivity contribution in [3.8, 4) is 0 Å². The second kappa shape index (κ2) is 8.13. The maximum Gasteiger partial charge on any atom is 0.344 e. The third-order valence-corrected chi connectivity index (χ3v) is 6.17. The van der Waals surface area contributed by atoms with Crippen molar-refractivity contribution in [3.63, 3.8) is 0 Å². The van der Waals surface area contributed by atoms with Crippen LogP contribution in [0.25, 0.3) is 0 Å². The second-order valence-electron chi connectivity index (χ2n) is 7.32. The average molecular weight is 429 g/mol. The Morgan fingerprint density at radius 1 is 0.828 bits per heavy atom. The number of carbonyl (C=O) groups is 3. The molecule has 4 nitrogen and oxygen atoms in total. The Bertz CT molecular complexity index is 1020. The zero-order valence-corrected chi connectivity index (χ0v) is 17.0. The fourth-order valence-electron chi connectivity index (χ4n) is 3.99. The van der Waals surface area contributed by atoms with E-state index in [1.807, 2.05) is 24.3 Å². The van der Waals surface area contributed by atoms with Crippen LogP contribution in [0.4, 0.5) is 0 Å². The van der Waals surface area contributed by atoms with E-state index in [0.717, 1.165) is 12.8 Å². The van der Waals surface area contributed by atoms with Crippen molar-refractivity contribution in [1.29, 1.82) is 0 Å². The van der Waals surface area contributed by atoms with Gasteiger partial charge in [-0.25, -0.2) is 4.79 Å². The van der Waals surface area contributed by atoms with Crippen molar-refractivity contribution >= 4 is 40.7 Å². The molecule has 29 heavy (non-hydrogen) atoms. The molecule has 2 aromatic carbocycles. The molecule has 0 unspecified atom stereocenters. The number of hydrogen-bond donors (Lipinski definition) is 0. The lowest BCUT2D eigenvalue weighted by Crippen LogP contribution is -2.30. The van der Waals surface area contributed by atoms with Crippen LogP contribution in [0.1, 0.15) is 57.9 Å². The lowest BCUT2D eigenvalue weighted by Gasteiger charge is -2.29. The summed E-state index contributed by atoms with van der Waals surface area (Å²) in [6.45, 7) is 0. The summed E-state index contributed by atoms with van der Waals surface area (Å²) in [5.74, 6) is -1.53. The number of benzene rings is 2. The van der Waals surface area contributed by atoms with E-state index in [1.54, 1.807) is 12.1 Å². The number of carbonyl (C=O) groups excluding carboxylic acids is 3. The monoisotopic (exact) mass is 428 g/mol. The van der Waals surface area contributed by atoms with Gasteiger partial charge in [0, 0.05) is 16.1 Å². The molecular weight excluding hydrogens is 411 g/mol. The summed E-state index contributed by atoms with van der Waals surface area (Å²) in [6, 6.07) is 14.1. The van der Waals surface area contributed by atoms with Gasteiger partial charge in [0.15, 0.2) is 0 Å². The highest BCUT2D eigenvalue weighted by Gasteiger charge is 2.37. The molecule has 0 aromatic heterocycles. The highest BCUT2D eigenvalue weighted by Crippen LogP contribution is 2.36. The number of fused-ring (bicyclic) bond motifs is 1. The van der Waals surface area contributed by atoms with Crippen molar-refractivity contribution in [3.05, 3.63) is 80.8 Å². The normalized spacial score (nSPS) is 21.7. The molecule has 0 aliphatic heterocycles. The fraction of sp³-hybridized carbons (Fsp3) is 0.261. The Morgan fingerprint density at radius 2 is 1.41 bits per heavy atom. The maximum absolute atomic E-state index is 12.7. The smallest absolute Gasteiger partial charge is 0.344 e. The molecule has 0 saturated heterocycles. The molecule has 2 aromatic rings. The number of allylic oxidation sites excluding steroid dienone is 1. The van der Waals surface area contributed by atoms with Gasteiger partial charge in [0.2, 0.25) is 11.6 Å². The van der Waals surface area contributed by atoms with E-state index in [-0.39, 0.29) is 27.8 Å². The largest absolute Gasteiger partial charge is 0.459 e. The minimum atomic E-state index is -0.821. The number of rotatable bonds is 3. The fourth-order valence-corrected chi connectivity index (χ4v) is 4.38. The van der Waals surface area contributed by atoms with Crippen LogP contribution in [-0.4, -0.2) is 23.6 Å². The zero-order chi connectivity index (χ0) is 20.5. The third kappa shape index (κ3) is 3.87. The Kier molecular flexibility index (Phi) is 5.57. The Hall–Kier alpha value is -2.43. The van der Waals surface area contributed by atoms with Crippen molar-refractivity contribution in [2.45, 2.75) is 37.7 Å². The van der Waals surface area contributed by atoms with Gasteiger partial charge < -0.3 is 4.74 Å². The Labute approximate surface area is 178 Å². The summed E-state index contributed by atoms with van der Waals surface area (Å²) < 4.78 is 5.56. The first-order valence-electron chi connectivity index (χ1n) is 9.50. The number of ketones is 2. The van der Waals surface area contributed by atoms with Gasteiger partial charge in [0.1, 0.15) is 16.7 Å². The quantitative estimate of drug-likeness (QED) is 0.479. The van der Waals surface area contributed by atoms with Gasteiger partial charge in [-0.15, -0.1) is 0 Å². The molecule has 2 aliphatic rings. The highest BCUT2D eigenvalue weighted by molar-refractivity contribution is 6.53. The number of ether oxygens (including phenoxy) is 1. The summed E-state index contributed by atoms with van der Waals surface area (Å²) in [6.07, 6.45) is 2.79. The van der Waals surface area contributed by atoms with E-state index < -0.39 is 17.5 Å². The van der Waals surface area contributed by atoms with Crippen LogP contribution in [0.15, 0.2) is 59.1 Å². The summed E-state index contributed by atoms with van der Waals surface area (Å²) >= 11 is 12.0. The molecule has 1 fully saturated rings. The lowest BCUT2D eigenvalue weighted by molar-refractivity contribution is -0.145. The van der Waals surface area contributed by atoms with Gasteiger partial charge in [-0.3, -0.25) is 9.59 Å². The molecule has 4 rings (SSSR count). The molecule has 0 spiro atoms. The van der Waals surface area contributed by atoms with Crippen LogP contribution in [0, 0.1) is 0 Å². The van der Waals surface area contributed by atoms with Crippen LogP contribution in [0.3, 0.4) is 0 Å². The van der Waals surface area contributed by atoms with Crippen LogP contribution >= 0.6 is 23.2 Å². The van der Waals surface area contributed by atoms with Gasteiger partial charge in [0.25, 0.3) is 0 Å². The number of halogens is 2. The lowest BCUT2D eigenvalue weighted by atomic mass is 9.82. The van der Waals surface area contributed by atoms with E-state index in [0.29, 0.717) is 23.8 Å². The van der Waals surface area contributed by atoms with Crippen LogP contribution < -0.4 is 0 Å². The van der Waals surface area contributed by atoms with Crippen molar-refractivity contribution in [1.82, 2.24) is 0 Å². The number of esters is 1. The molecule has 0 amide bonds. The Morgan fingerprint density at radius 3 is 2.03 bits per heavy atom. The van der Waals surface area contributed by atoms with Gasteiger partial charge >= 0.3 is 5.97 Å². The summed E-state index contributed by atoms with van der Waals surface area (Å²) in [5.41, 5.74) is 1.24. The average Bonchev–Trinajstić information content (AvgIpc) is 2.73. The number of hydrogen-bond acceptors (Lipinski definition) is 4.